The fourth-order valence-corrected chi connectivity index (χ4v) is 1.94. The molecule has 18 heavy (non-hydrogen) atoms. The Morgan fingerprint density at radius 2 is 2.06 bits per heavy atom. The van der Waals surface area contributed by atoms with Gasteiger partial charge < -0.3 is 15.3 Å². The summed E-state index contributed by atoms with van der Waals surface area (Å²) < 4.78 is 5.61. The Labute approximate surface area is 104 Å². The number of anilines is 1. The van der Waals surface area contributed by atoms with Gasteiger partial charge in [-0.25, -0.2) is 0 Å². The van der Waals surface area contributed by atoms with Gasteiger partial charge in [0.1, 0.15) is 17.4 Å². The maximum absolute atomic E-state index is 10.3. The van der Waals surface area contributed by atoms with E-state index in [1.807, 2.05) is 30.3 Å². The number of aliphatic hydroxyl groups is 1. The highest BCUT2D eigenvalue weighted by atomic mass is 16.4. The lowest BCUT2D eigenvalue weighted by Crippen LogP contribution is -2.03. The standard InChI is InChI=1S/C14H12N2O2/c15-11-5-6-16-8-10(11)14(17)13-7-9-3-1-2-4-12(9)18-13/h1-8,14,17H,(H2,15,16). The smallest absolute Gasteiger partial charge is 0.140 e. The van der Waals surface area contributed by atoms with E-state index in [9.17, 15) is 5.11 Å². The summed E-state index contributed by atoms with van der Waals surface area (Å²) in [4.78, 5) is 3.96. The van der Waals surface area contributed by atoms with Crippen LogP contribution >= 0.6 is 0 Å². The lowest BCUT2D eigenvalue weighted by molar-refractivity contribution is 0.192. The Morgan fingerprint density at radius 1 is 1.22 bits per heavy atom. The molecule has 1 unspecified atom stereocenters. The number of nitrogens with zero attached hydrogens (tertiary/aromatic N) is 1. The molecule has 0 saturated carbocycles. The number of pyridine rings is 1. The van der Waals surface area contributed by atoms with Gasteiger partial charge in [0.05, 0.1) is 0 Å². The van der Waals surface area contributed by atoms with Gasteiger partial charge in [-0.2, -0.15) is 0 Å². The first-order valence-corrected chi connectivity index (χ1v) is 5.61. The van der Waals surface area contributed by atoms with E-state index in [-0.39, 0.29) is 0 Å². The van der Waals surface area contributed by atoms with Crippen LogP contribution < -0.4 is 5.73 Å². The highest BCUT2D eigenvalue weighted by Gasteiger charge is 2.17. The summed E-state index contributed by atoms with van der Waals surface area (Å²) in [6, 6.07) is 11.1. The number of rotatable bonds is 2. The maximum atomic E-state index is 10.3. The van der Waals surface area contributed by atoms with E-state index in [2.05, 4.69) is 4.98 Å². The molecule has 0 spiro atoms. The molecular weight excluding hydrogens is 228 g/mol. The Morgan fingerprint density at radius 3 is 2.83 bits per heavy atom. The van der Waals surface area contributed by atoms with Crippen molar-refractivity contribution in [3.8, 4) is 0 Å². The van der Waals surface area contributed by atoms with Crippen LogP contribution in [0, 0.1) is 0 Å². The van der Waals surface area contributed by atoms with Crippen molar-refractivity contribution in [3.05, 3.63) is 60.1 Å². The molecule has 3 aromatic rings. The van der Waals surface area contributed by atoms with Crippen molar-refractivity contribution in [1.29, 1.82) is 0 Å². The number of aromatic nitrogens is 1. The van der Waals surface area contributed by atoms with Gasteiger partial charge in [-0.05, 0) is 18.2 Å². The third-order valence-electron chi connectivity index (χ3n) is 2.90. The monoisotopic (exact) mass is 240 g/mol. The second-order valence-corrected chi connectivity index (χ2v) is 4.09. The van der Waals surface area contributed by atoms with Crippen LogP contribution in [-0.2, 0) is 0 Å². The van der Waals surface area contributed by atoms with Crippen LogP contribution in [0.4, 0.5) is 5.69 Å². The molecule has 3 rings (SSSR count). The topological polar surface area (TPSA) is 72.3 Å². The molecular formula is C14H12N2O2. The minimum absolute atomic E-state index is 0.468. The maximum Gasteiger partial charge on any atom is 0.140 e. The van der Waals surface area contributed by atoms with Gasteiger partial charge in [0, 0.05) is 29.0 Å². The lowest BCUT2D eigenvalue weighted by Gasteiger charge is -2.09. The number of hydrogen-bond donors (Lipinski definition) is 2. The van der Waals surface area contributed by atoms with Crippen molar-refractivity contribution in [3.63, 3.8) is 0 Å². The second-order valence-electron chi connectivity index (χ2n) is 4.09. The van der Waals surface area contributed by atoms with E-state index in [4.69, 9.17) is 10.2 Å². The molecule has 0 fully saturated rings. The van der Waals surface area contributed by atoms with Crippen molar-refractivity contribution in [2.75, 3.05) is 5.73 Å². The molecule has 0 amide bonds. The van der Waals surface area contributed by atoms with E-state index >= 15 is 0 Å². The third-order valence-corrected chi connectivity index (χ3v) is 2.90. The average molecular weight is 240 g/mol. The number of aliphatic hydroxyl groups excluding tert-OH is 1. The number of fused-ring (bicyclic) bond motifs is 1. The van der Waals surface area contributed by atoms with Crippen LogP contribution in [0.1, 0.15) is 17.4 Å². The fourth-order valence-electron chi connectivity index (χ4n) is 1.94. The highest BCUT2D eigenvalue weighted by Crippen LogP contribution is 2.30. The number of nitrogens with two attached hydrogens (primary N) is 1. The second kappa shape index (κ2) is 4.16. The average Bonchev–Trinajstić information content (AvgIpc) is 2.82. The molecule has 3 N–H and O–H groups in total. The number of para-hydroxylation sites is 1. The number of furan rings is 1. The summed E-state index contributed by atoms with van der Waals surface area (Å²) in [5, 5.41) is 11.2. The van der Waals surface area contributed by atoms with Crippen LogP contribution in [-0.4, -0.2) is 10.1 Å². The molecule has 4 nitrogen and oxygen atoms in total. The number of nitrogen functional groups attached to an aromatic ring is 1. The van der Waals surface area contributed by atoms with E-state index in [1.165, 1.54) is 0 Å². The van der Waals surface area contributed by atoms with Crippen LogP contribution in [0.15, 0.2) is 53.2 Å². The summed E-state index contributed by atoms with van der Waals surface area (Å²) in [5.41, 5.74) is 7.61. The first-order chi connectivity index (χ1) is 8.75. The van der Waals surface area contributed by atoms with Crippen molar-refractivity contribution in [1.82, 2.24) is 4.98 Å². The van der Waals surface area contributed by atoms with Gasteiger partial charge in [-0.3, -0.25) is 4.98 Å². The predicted molar refractivity (Wildman–Crippen MR) is 68.9 cm³/mol. The Balaban J connectivity index is 2.07. The molecule has 90 valence electrons. The summed E-state index contributed by atoms with van der Waals surface area (Å²) in [6.45, 7) is 0. The van der Waals surface area contributed by atoms with Crippen molar-refractivity contribution in [2.24, 2.45) is 0 Å². The lowest BCUT2D eigenvalue weighted by atomic mass is 10.1. The zero-order valence-electron chi connectivity index (χ0n) is 9.58. The summed E-state index contributed by atoms with van der Waals surface area (Å²) in [5.74, 6) is 0.468. The molecule has 2 heterocycles. The number of benzene rings is 1. The molecule has 0 bridgehead atoms. The Hall–Kier alpha value is -2.33. The Kier molecular flexibility index (Phi) is 2.50. The predicted octanol–water partition coefficient (Wildman–Crippen LogP) is 2.49. The van der Waals surface area contributed by atoms with Crippen LogP contribution in [0.2, 0.25) is 0 Å². The van der Waals surface area contributed by atoms with Gasteiger partial charge in [0.2, 0.25) is 0 Å². The van der Waals surface area contributed by atoms with Gasteiger partial charge >= 0.3 is 0 Å². The molecule has 0 aliphatic heterocycles. The molecule has 0 radical (unpaired) electrons. The summed E-state index contributed by atoms with van der Waals surface area (Å²) in [6.07, 6.45) is 2.24. The quantitative estimate of drug-likeness (QED) is 0.721. The van der Waals surface area contributed by atoms with Crippen LogP contribution in [0.3, 0.4) is 0 Å². The molecule has 1 atom stereocenters. The van der Waals surface area contributed by atoms with Gasteiger partial charge in [-0.15, -0.1) is 0 Å². The SMILES string of the molecule is Nc1ccncc1C(O)c1cc2ccccc2o1. The van der Waals surface area contributed by atoms with Crippen LogP contribution in [0.25, 0.3) is 11.0 Å². The summed E-state index contributed by atoms with van der Waals surface area (Å²) >= 11 is 0. The zero-order chi connectivity index (χ0) is 12.5. The fraction of sp³-hybridized carbons (Fsp3) is 0.0714. The molecule has 4 heteroatoms. The summed E-state index contributed by atoms with van der Waals surface area (Å²) in [7, 11) is 0. The largest absolute Gasteiger partial charge is 0.458 e. The van der Waals surface area contributed by atoms with Crippen molar-refractivity contribution >= 4 is 16.7 Å². The number of hydrogen-bond acceptors (Lipinski definition) is 4. The normalized spacial score (nSPS) is 12.7. The van der Waals surface area contributed by atoms with E-state index in [0.29, 0.717) is 17.0 Å². The molecule has 0 aliphatic rings. The molecule has 0 saturated heterocycles. The van der Waals surface area contributed by atoms with Crippen LogP contribution in [0.5, 0.6) is 0 Å². The van der Waals surface area contributed by atoms with Gasteiger partial charge in [0.25, 0.3) is 0 Å². The first-order valence-electron chi connectivity index (χ1n) is 5.61. The first kappa shape index (κ1) is 10.8. The Bertz CT molecular complexity index is 658. The van der Waals surface area contributed by atoms with Gasteiger partial charge in [-0.1, -0.05) is 18.2 Å². The van der Waals surface area contributed by atoms with E-state index in [1.54, 1.807) is 18.5 Å². The van der Waals surface area contributed by atoms with Crippen molar-refractivity contribution < 1.29 is 9.52 Å². The minimum Gasteiger partial charge on any atom is -0.458 e. The third kappa shape index (κ3) is 1.72. The molecule has 1 aromatic carbocycles. The zero-order valence-corrected chi connectivity index (χ0v) is 9.58. The minimum atomic E-state index is -0.897. The van der Waals surface area contributed by atoms with E-state index in [0.717, 1.165) is 11.0 Å². The highest BCUT2D eigenvalue weighted by molar-refractivity contribution is 5.78. The van der Waals surface area contributed by atoms with Gasteiger partial charge in [0.15, 0.2) is 0 Å². The van der Waals surface area contributed by atoms with Crippen molar-refractivity contribution in [2.45, 2.75) is 6.10 Å². The molecule has 0 aliphatic carbocycles. The molecule has 2 aromatic heterocycles. The van der Waals surface area contributed by atoms with E-state index < -0.39 is 6.10 Å².